The molecule has 1 N–H and O–H groups in total. The fourth-order valence-corrected chi connectivity index (χ4v) is 2.10. The quantitative estimate of drug-likeness (QED) is 0.786. The number of aryl methyl sites for hydroxylation is 1. The van der Waals surface area contributed by atoms with Crippen molar-refractivity contribution in [3.8, 4) is 5.75 Å². The molecular formula is C15H23NO2. The summed E-state index contributed by atoms with van der Waals surface area (Å²) in [6, 6.07) is 8.17. The highest BCUT2D eigenvalue weighted by atomic mass is 16.5. The molecule has 1 aromatic carbocycles. The molecule has 100 valence electrons. The molecule has 1 aliphatic rings. The first-order chi connectivity index (χ1) is 8.84. The Kier molecular flexibility index (Phi) is 5.49. The van der Waals surface area contributed by atoms with E-state index in [1.807, 2.05) is 12.1 Å². The molecule has 0 spiro atoms. The Bertz CT molecular complexity index is 331. The first kappa shape index (κ1) is 13.4. The van der Waals surface area contributed by atoms with E-state index in [4.69, 9.17) is 9.47 Å². The first-order valence-electron chi connectivity index (χ1n) is 6.86. The van der Waals surface area contributed by atoms with Crippen LogP contribution in [0.15, 0.2) is 24.3 Å². The van der Waals surface area contributed by atoms with Gasteiger partial charge in [0.25, 0.3) is 0 Å². The smallest absolute Gasteiger partial charge is 0.119 e. The average Bonchev–Trinajstić information content (AvgIpc) is 2.42. The van der Waals surface area contributed by atoms with E-state index in [1.54, 1.807) is 0 Å². The second kappa shape index (κ2) is 7.39. The summed E-state index contributed by atoms with van der Waals surface area (Å²) in [5.74, 6) is 0.944. The molecule has 2 rings (SSSR count). The second-order valence-corrected chi connectivity index (χ2v) is 4.85. The van der Waals surface area contributed by atoms with Crippen LogP contribution < -0.4 is 10.1 Å². The molecule has 3 nitrogen and oxygen atoms in total. The van der Waals surface area contributed by atoms with Crippen LogP contribution in [0.4, 0.5) is 0 Å². The van der Waals surface area contributed by atoms with Gasteiger partial charge >= 0.3 is 0 Å². The minimum atomic E-state index is 0.401. The van der Waals surface area contributed by atoms with Crippen LogP contribution in [0.25, 0.3) is 0 Å². The molecule has 0 radical (unpaired) electrons. The minimum Gasteiger partial charge on any atom is -0.494 e. The molecule has 0 aliphatic carbocycles. The largest absolute Gasteiger partial charge is 0.494 e. The number of hydrogen-bond acceptors (Lipinski definition) is 3. The van der Waals surface area contributed by atoms with E-state index in [0.29, 0.717) is 6.10 Å². The number of ether oxygens (including phenoxy) is 2. The van der Waals surface area contributed by atoms with Crippen LogP contribution in [0.5, 0.6) is 5.75 Å². The van der Waals surface area contributed by atoms with E-state index in [2.05, 4.69) is 24.4 Å². The highest BCUT2D eigenvalue weighted by molar-refractivity contribution is 5.26. The predicted octanol–water partition coefficient (Wildman–Crippen LogP) is 2.53. The van der Waals surface area contributed by atoms with E-state index >= 15 is 0 Å². The molecule has 18 heavy (non-hydrogen) atoms. The van der Waals surface area contributed by atoms with Crippen molar-refractivity contribution >= 4 is 0 Å². The van der Waals surface area contributed by atoms with Gasteiger partial charge in [-0.2, -0.15) is 0 Å². The number of nitrogens with one attached hydrogen (secondary N) is 1. The molecule has 3 heteroatoms. The first-order valence-corrected chi connectivity index (χ1v) is 6.86. The second-order valence-electron chi connectivity index (χ2n) is 4.85. The molecule has 1 fully saturated rings. The fourth-order valence-electron chi connectivity index (χ4n) is 2.10. The molecule has 0 aromatic heterocycles. The molecule has 1 aromatic rings. The zero-order valence-electron chi connectivity index (χ0n) is 11.2. The third-order valence-electron chi connectivity index (χ3n) is 3.18. The maximum absolute atomic E-state index is 5.80. The summed E-state index contributed by atoms with van der Waals surface area (Å²) < 4.78 is 11.5. The molecule has 0 amide bonds. The van der Waals surface area contributed by atoms with Crippen molar-refractivity contribution in [1.82, 2.24) is 5.32 Å². The van der Waals surface area contributed by atoms with Crippen LogP contribution in [-0.4, -0.2) is 32.4 Å². The van der Waals surface area contributed by atoms with Crippen LogP contribution >= 0.6 is 0 Å². The summed E-state index contributed by atoms with van der Waals surface area (Å²) in [7, 11) is 0. The Labute approximate surface area is 109 Å². The van der Waals surface area contributed by atoms with Gasteiger partial charge in [0.15, 0.2) is 0 Å². The van der Waals surface area contributed by atoms with Crippen LogP contribution in [0.2, 0.25) is 0 Å². The predicted molar refractivity (Wildman–Crippen MR) is 73.1 cm³/mol. The van der Waals surface area contributed by atoms with E-state index in [0.717, 1.165) is 38.5 Å². The minimum absolute atomic E-state index is 0.401. The van der Waals surface area contributed by atoms with E-state index < -0.39 is 0 Å². The van der Waals surface area contributed by atoms with Gasteiger partial charge in [-0.3, -0.25) is 0 Å². The van der Waals surface area contributed by atoms with Gasteiger partial charge in [0, 0.05) is 13.0 Å². The third kappa shape index (κ3) is 4.67. The summed E-state index contributed by atoms with van der Waals surface area (Å²) >= 11 is 0. The summed E-state index contributed by atoms with van der Waals surface area (Å²) in [4.78, 5) is 0. The van der Waals surface area contributed by atoms with E-state index in [1.165, 1.54) is 18.4 Å². The van der Waals surface area contributed by atoms with Gasteiger partial charge < -0.3 is 14.8 Å². The topological polar surface area (TPSA) is 30.5 Å². The van der Waals surface area contributed by atoms with Crippen molar-refractivity contribution in [2.24, 2.45) is 0 Å². The van der Waals surface area contributed by atoms with Gasteiger partial charge in [-0.15, -0.1) is 0 Å². The lowest BCUT2D eigenvalue weighted by Gasteiger charge is -2.23. The Hall–Kier alpha value is -1.06. The summed E-state index contributed by atoms with van der Waals surface area (Å²) in [5.41, 5.74) is 1.26. The summed E-state index contributed by atoms with van der Waals surface area (Å²) in [6.07, 6.45) is 3.76. The van der Waals surface area contributed by atoms with Crippen molar-refractivity contribution < 1.29 is 9.47 Å². The number of benzene rings is 1. The molecular weight excluding hydrogens is 226 g/mol. The normalized spacial score (nSPS) is 19.7. The number of piperidine rings is 1. The van der Waals surface area contributed by atoms with E-state index in [9.17, 15) is 0 Å². The van der Waals surface area contributed by atoms with Gasteiger partial charge in [0.1, 0.15) is 5.75 Å². The lowest BCUT2D eigenvalue weighted by atomic mass is 10.1. The van der Waals surface area contributed by atoms with E-state index in [-0.39, 0.29) is 0 Å². The maximum atomic E-state index is 5.80. The zero-order chi connectivity index (χ0) is 12.6. The SMILES string of the molecule is Cc1ccc(OCCCOC2CCCNC2)cc1. The van der Waals surface area contributed by atoms with Gasteiger partial charge in [-0.1, -0.05) is 17.7 Å². The monoisotopic (exact) mass is 249 g/mol. The molecule has 0 saturated carbocycles. The van der Waals surface area contributed by atoms with Gasteiger partial charge in [0.2, 0.25) is 0 Å². The molecule has 1 unspecified atom stereocenters. The number of rotatable bonds is 6. The van der Waals surface area contributed by atoms with Crippen molar-refractivity contribution in [3.05, 3.63) is 29.8 Å². The lowest BCUT2D eigenvalue weighted by molar-refractivity contribution is 0.0308. The molecule has 1 heterocycles. The van der Waals surface area contributed by atoms with Gasteiger partial charge in [0.05, 0.1) is 19.3 Å². The Balaban J connectivity index is 1.54. The van der Waals surface area contributed by atoms with Crippen LogP contribution in [0.1, 0.15) is 24.8 Å². The van der Waals surface area contributed by atoms with Crippen LogP contribution in [-0.2, 0) is 4.74 Å². The average molecular weight is 249 g/mol. The van der Waals surface area contributed by atoms with Crippen molar-refractivity contribution in [2.75, 3.05) is 26.3 Å². The Morgan fingerprint density at radius 1 is 1.22 bits per heavy atom. The van der Waals surface area contributed by atoms with Crippen molar-refractivity contribution in [3.63, 3.8) is 0 Å². The summed E-state index contributed by atoms with van der Waals surface area (Å²) in [5, 5.41) is 3.35. The molecule has 0 bridgehead atoms. The van der Waals surface area contributed by atoms with Gasteiger partial charge in [-0.25, -0.2) is 0 Å². The Morgan fingerprint density at radius 2 is 2.06 bits per heavy atom. The molecule has 1 atom stereocenters. The Morgan fingerprint density at radius 3 is 2.78 bits per heavy atom. The standard InChI is InChI=1S/C15H23NO2/c1-13-5-7-14(8-6-13)17-10-3-11-18-15-4-2-9-16-12-15/h5-8,15-16H,2-4,9-12H2,1H3. The zero-order valence-corrected chi connectivity index (χ0v) is 11.2. The highest BCUT2D eigenvalue weighted by Crippen LogP contribution is 2.12. The number of hydrogen-bond donors (Lipinski definition) is 1. The van der Waals surface area contributed by atoms with Crippen LogP contribution in [0.3, 0.4) is 0 Å². The van der Waals surface area contributed by atoms with Crippen LogP contribution in [0, 0.1) is 6.92 Å². The van der Waals surface area contributed by atoms with Crippen molar-refractivity contribution in [1.29, 1.82) is 0 Å². The fraction of sp³-hybridized carbons (Fsp3) is 0.600. The summed E-state index contributed by atoms with van der Waals surface area (Å²) in [6.45, 7) is 5.73. The lowest BCUT2D eigenvalue weighted by Crippen LogP contribution is -2.35. The molecule has 1 saturated heterocycles. The van der Waals surface area contributed by atoms with Gasteiger partial charge in [-0.05, 0) is 38.4 Å². The molecule has 1 aliphatic heterocycles. The highest BCUT2D eigenvalue weighted by Gasteiger charge is 2.12. The van der Waals surface area contributed by atoms with Crippen molar-refractivity contribution in [2.45, 2.75) is 32.3 Å². The third-order valence-corrected chi connectivity index (χ3v) is 3.18. The maximum Gasteiger partial charge on any atom is 0.119 e.